The molecule has 0 spiro atoms. The highest BCUT2D eigenvalue weighted by molar-refractivity contribution is 8.00. The summed E-state index contributed by atoms with van der Waals surface area (Å²) in [4.78, 5) is 57.6. The molecule has 2 atom stereocenters. The summed E-state index contributed by atoms with van der Waals surface area (Å²) in [6.45, 7) is -0.173. The standard InChI is InChI=1S/C16H15ClN2O7S/c17-9-1-3-10(4-2-9)27-8-13(20)18-11-7-24-19(15(11)22)26-16(23)12-5-6-14(21)25-12/h1-4,11-12H,5-8H2,(H,18,20). The average Bonchev–Trinajstić information content (AvgIpc) is 3.22. The summed E-state index contributed by atoms with van der Waals surface area (Å²) in [5.41, 5.74) is 0. The van der Waals surface area contributed by atoms with E-state index in [2.05, 4.69) is 5.32 Å². The Kier molecular flexibility index (Phi) is 6.19. The molecule has 2 saturated heterocycles. The van der Waals surface area contributed by atoms with Gasteiger partial charge in [0.05, 0.1) is 5.75 Å². The molecule has 2 fully saturated rings. The number of hydroxylamine groups is 2. The first-order chi connectivity index (χ1) is 12.9. The molecule has 2 unspecified atom stereocenters. The molecule has 1 aromatic carbocycles. The van der Waals surface area contributed by atoms with Crippen LogP contribution in [0.25, 0.3) is 0 Å². The van der Waals surface area contributed by atoms with Gasteiger partial charge in [-0.3, -0.25) is 14.4 Å². The number of benzene rings is 1. The Morgan fingerprint density at radius 1 is 1.30 bits per heavy atom. The van der Waals surface area contributed by atoms with Gasteiger partial charge in [-0.25, -0.2) is 9.63 Å². The van der Waals surface area contributed by atoms with Crippen molar-refractivity contribution < 1.29 is 33.6 Å². The number of hydrogen-bond acceptors (Lipinski definition) is 8. The predicted octanol–water partition coefficient (Wildman–Crippen LogP) is 0.854. The molecular weight excluding hydrogens is 400 g/mol. The zero-order valence-corrected chi connectivity index (χ0v) is 15.5. The monoisotopic (exact) mass is 414 g/mol. The van der Waals surface area contributed by atoms with Crippen LogP contribution >= 0.6 is 23.4 Å². The van der Waals surface area contributed by atoms with Gasteiger partial charge in [0.1, 0.15) is 12.6 Å². The van der Waals surface area contributed by atoms with Crippen molar-refractivity contribution in [3.05, 3.63) is 29.3 Å². The van der Waals surface area contributed by atoms with E-state index in [0.717, 1.165) is 4.90 Å². The highest BCUT2D eigenvalue weighted by Crippen LogP contribution is 2.20. The van der Waals surface area contributed by atoms with Crippen molar-refractivity contribution in [3.63, 3.8) is 0 Å². The molecule has 27 heavy (non-hydrogen) atoms. The van der Waals surface area contributed by atoms with Crippen molar-refractivity contribution in [2.24, 2.45) is 0 Å². The molecule has 144 valence electrons. The van der Waals surface area contributed by atoms with Crippen LogP contribution in [-0.2, 0) is 33.6 Å². The molecule has 0 bridgehead atoms. The molecule has 2 aliphatic rings. The van der Waals surface area contributed by atoms with E-state index in [4.69, 9.17) is 26.0 Å². The maximum Gasteiger partial charge on any atom is 0.375 e. The largest absolute Gasteiger partial charge is 0.450 e. The molecule has 9 nitrogen and oxygen atoms in total. The topological polar surface area (TPSA) is 111 Å². The van der Waals surface area contributed by atoms with Crippen molar-refractivity contribution in [1.82, 2.24) is 10.5 Å². The minimum atomic E-state index is -1.06. The van der Waals surface area contributed by atoms with Gasteiger partial charge in [-0.15, -0.1) is 11.8 Å². The van der Waals surface area contributed by atoms with Crippen LogP contribution < -0.4 is 5.32 Å². The van der Waals surface area contributed by atoms with Gasteiger partial charge < -0.3 is 14.9 Å². The number of carbonyl (C=O) groups is 4. The molecule has 3 rings (SSSR count). The first-order valence-electron chi connectivity index (χ1n) is 7.98. The van der Waals surface area contributed by atoms with Crippen LogP contribution in [0.1, 0.15) is 12.8 Å². The second kappa shape index (κ2) is 8.59. The zero-order chi connectivity index (χ0) is 19.4. The maximum absolute atomic E-state index is 12.1. The molecule has 1 N–H and O–H groups in total. The molecule has 0 aromatic heterocycles. The van der Waals surface area contributed by atoms with Crippen molar-refractivity contribution >= 4 is 47.1 Å². The summed E-state index contributed by atoms with van der Waals surface area (Å²) in [5.74, 6) is -2.43. The Labute approximate surface area is 163 Å². The lowest BCUT2D eigenvalue weighted by Crippen LogP contribution is -2.44. The number of thioether (sulfide) groups is 1. The third kappa shape index (κ3) is 5.12. The fourth-order valence-corrected chi connectivity index (χ4v) is 3.16. The number of esters is 1. The van der Waals surface area contributed by atoms with Crippen molar-refractivity contribution in [1.29, 1.82) is 0 Å². The second-order valence-corrected chi connectivity index (χ2v) is 7.17. The molecule has 11 heteroatoms. The van der Waals surface area contributed by atoms with Crippen molar-refractivity contribution in [2.75, 3.05) is 12.4 Å². The summed E-state index contributed by atoms with van der Waals surface area (Å²) in [7, 11) is 0. The maximum atomic E-state index is 12.1. The lowest BCUT2D eigenvalue weighted by atomic mass is 10.2. The first-order valence-corrected chi connectivity index (χ1v) is 9.34. The second-order valence-electron chi connectivity index (χ2n) is 5.68. The summed E-state index contributed by atoms with van der Waals surface area (Å²) in [5, 5.41) is 3.52. The Hall–Kier alpha value is -2.30. The van der Waals surface area contributed by atoms with E-state index in [1.165, 1.54) is 11.8 Å². The number of ether oxygens (including phenoxy) is 1. The highest BCUT2D eigenvalue weighted by Gasteiger charge is 2.40. The normalized spacial score (nSPS) is 21.9. The average molecular weight is 415 g/mol. The fraction of sp³-hybridized carbons (Fsp3) is 0.375. The van der Waals surface area contributed by atoms with E-state index in [-0.39, 0.29) is 31.1 Å². The zero-order valence-electron chi connectivity index (χ0n) is 13.9. The molecular formula is C16H15ClN2O7S. The first kappa shape index (κ1) is 19.5. The Balaban J connectivity index is 1.43. The van der Waals surface area contributed by atoms with Gasteiger partial charge in [0.25, 0.3) is 0 Å². The van der Waals surface area contributed by atoms with E-state index in [1.807, 2.05) is 0 Å². The van der Waals surface area contributed by atoms with Gasteiger partial charge in [-0.05, 0) is 29.5 Å². The number of nitrogens with zero attached hydrogens (tertiary/aromatic N) is 1. The van der Waals surface area contributed by atoms with E-state index in [0.29, 0.717) is 10.2 Å². The van der Waals surface area contributed by atoms with Crippen LogP contribution in [0.4, 0.5) is 0 Å². The Morgan fingerprint density at radius 3 is 2.70 bits per heavy atom. The molecule has 2 heterocycles. The van der Waals surface area contributed by atoms with Crippen molar-refractivity contribution in [2.45, 2.75) is 29.9 Å². The lowest BCUT2D eigenvalue weighted by Gasteiger charge is -2.15. The van der Waals surface area contributed by atoms with Gasteiger partial charge in [0, 0.05) is 22.8 Å². The van der Waals surface area contributed by atoms with E-state index in [9.17, 15) is 19.2 Å². The van der Waals surface area contributed by atoms with Gasteiger partial charge >= 0.3 is 17.8 Å². The number of rotatable bonds is 6. The van der Waals surface area contributed by atoms with Crippen LogP contribution in [0.3, 0.4) is 0 Å². The fourth-order valence-electron chi connectivity index (χ4n) is 2.33. The minimum absolute atomic E-state index is 0.0865. The number of halogens is 1. The van der Waals surface area contributed by atoms with Crippen molar-refractivity contribution in [3.8, 4) is 0 Å². The number of amides is 2. The van der Waals surface area contributed by atoms with Gasteiger partial charge in [-0.1, -0.05) is 11.6 Å². The van der Waals surface area contributed by atoms with Crippen LogP contribution in [0, 0.1) is 0 Å². The SMILES string of the molecule is O=C(CSc1ccc(Cl)cc1)NC1CON(OC(=O)C2CCC(=O)O2)C1=O. The third-order valence-electron chi connectivity index (χ3n) is 3.68. The van der Waals surface area contributed by atoms with Crippen LogP contribution in [0.5, 0.6) is 0 Å². The van der Waals surface area contributed by atoms with Crippen LogP contribution in [0.15, 0.2) is 29.2 Å². The summed E-state index contributed by atoms with van der Waals surface area (Å²) >= 11 is 7.08. The van der Waals surface area contributed by atoms with E-state index >= 15 is 0 Å². The number of nitrogens with one attached hydrogen (secondary N) is 1. The number of cyclic esters (lactones) is 1. The minimum Gasteiger partial charge on any atom is -0.450 e. The quantitative estimate of drug-likeness (QED) is 0.538. The van der Waals surface area contributed by atoms with Gasteiger partial charge in [0.15, 0.2) is 0 Å². The Morgan fingerprint density at radius 2 is 2.04 bits per heavy atom. The summed E-state index contributed by atoms with van der Waals surface area (Å²) < 4.78 is 4.75. The molecule has 0 radical (unpaired) electrons. The molecule has 0 aliphatic carbocycles. The lowest BCUT2D eigenvalue weighted by molar-refractivity contribution is -0.306. The summed E-state index contributed by atoms with van der Waals surface area (Å²) in [6, 6.07) is 6.01. The predicted molar refractivity (Wildman–Crippen MR) is 92.1 cm³/mol. The van der Waals surface area contributed by atoms with Crippen LogP contribution in [0.2, 0.25) is 5.02 Å². The van der Waals surface area contributed by atoms with E-state index < -0.39 is 30.0 Å². The molecule has 0 saturated carbocycles. The molecule has 2 amide bonds. The number of carbonyl (C=O) groups excluding carboxylic acids is 4. The number of hydrogen-bond donors (Lipinski definition) is 1. The smallest absolute Gasteiger partial charge is 0.375 e. The third-order valence-corrected chi connectivity index (χ3v) is 4.94. The van der Waals surface area contributed by atoms with Gasteiger partial charge in [-0.2, -0.15) is 0 Å². The molecule has 1 aromatic rings. The van der Waals surface area contributed by atoms with Crippen LogP contribution in [-0.4, -0.2) is 53.5 Å². The summed E-state index contributed by atoms with van der Waals surface area (Å²) in [6.07, 6.45) is -0.765. The van der Waals surface area contributed by atoms with E-state index in [1.54, 1.807) is 24.3 Å². The molecule has 2 aliphatic heterocycles. The highest BCUT2D eigenvalue weighted by atomic mass is 35.5. The van der Waals surface area contributed by atoms with Gasteiger partial charge in [0.2, 0.25) is 12.0 Å². The Bertz CT molecular complexity index is 758.